The highest BCUT2D eigenvalue weighted by Gasteiger charge is 2.54. The third kappa shape index (κ3) is 5.69. The highest BCUT2D eigenvalue weighted by atomic mass is 19.4. The summed E-state index contributed by atoms with van der Waals surface area (Å²) in [6.07, 6.45) is -1.95. The first kappa shape index (κ1) is 26.1. The van der Waals surface area contributed by atoms with Crippen LogP contribution in [-0.2, 0) is 16.1 Å². The molecular formula is C26H31F3N2O5. The number of amides is 1. The second-order valence-corrected chi connectivity index (χ2v) is 9.96. The number of likely N-dealkylation sites (tertiary alicyclic amines) is 2. The molecule has 0 radical (unpaired) electrons. The number of hydrogen-bond donors (Lipinski definition) is 0. The highest BCUT2D eigenvalue weighted by molar-refractivity contribution is 5.93. The van der Waals surface area contributed by atoms with E-state index in [-0.39, 0.29) is 12.5 Å². The quantitative estimate of drug-likeness (QED) is 0.497. The molecular weight excluding hydrogens is 477 g/mol. The molecule has 196 valence electrons. The van der Waals surface area contributed by atoms with E-state index >= 15 is 0 Å². The standard InChI is InChI=1S/C26H31F3N2O5/c1-18(2)16-35-21-6-4-3-5-19(21)15-31-13-10-25(23(31)36-24(33)26(27,28)29)8-11-30(12-9-25)22(32)20-7-14-34-17-20/h3-7,14,17-18,23H,8-13,15-16H2,1-2H3. The van der Waals surface area contributed by atoms with Crippen LogP contribution in [0.4, 0.5) is 13.2 Å². The zero-order chi connectivity index (χ0) is 25.9. The van der Waals surface area contributed by atoms with Crippen LogP contribution in [0.15, 0.2) is 47.3 Å². The van der Waals surface area contributed by atoms with Crippen molar-refractivity contribution in [2.45, 2.75) is 52.1 Å². The van der Waals surface area contributed by atoms with Gasteiger partial charge in [-0.2, -0.15) is 13.2 Å². The molecule has 2 fully saturated rings. The Morgan fingerprint density at radius 3 is 2.44 bits per heavy atom. The Bertz CT molecular complexity index is 1050. The monoisotopic (exact) mass is 508 g/mol. The largest absolute Gasteiger partial charge is 0.493 e. The van der Waals surface area contributed by atoms with Gasteiger partial charge in [0.25, 0.3) is 5.91 Å². The van der Waals surface area contributed by atoms with E-state index in [1.54, 1.807) is 15.9 Å². The number of rotatable bonds is 7. The van der Waals surface area contributed by atoms with Crippen molar-refractivity contribution in [3.05, 3.63) is 54.0 Å². The average Bonchev–Trinajstić information content (AvgIpc) is 3.48. The van der Waals surface area contributed by atoms with Crippen molar-refractivity contribution < 1.29 is 36.7 Å². The topological polar surface area (TPSA) is 72.2 Å². The molecule has 1 unspecified atom stereocenters. The van der Waals surface area contributed by atoms with Gasteiger partial charge in [0.1, 0.15) is 12.0 Å². The van der Waals surface area contributed by atoms with Crippen molar-refractivity contribution in [3.8, 4) is 5.75 Å². The van der Waals surface area contributed by atoms with Gasteiger partial charge in [0.2, 0.25) is 0 Å². The minimum absolute atomic E-state index is 0.187. The van der Waals surface area contributed by atoms with E-state index in [1.807, 2.05) is 38.1 Å². The number of ether oxygens (including phenoxy) is 2. The molecule has 3 heterocycles. The van der Waals surface area contributed by atoms with Crippen LogP contribution in [0, 0.1) is 11.3 Å². The van der Waals surface area contributed by atoms with E-state index in [9.17, 15) is 22.8 Å². The van der Waals surface area contributed by atoms with Gasteiger partial charge < -0.3 is 18.8 Å². The first-order valence-corrected chi connectivity index (χ1v) is 12.1. The van der Waals surface area contributed by atoms with Crippen LogP contribution in [0.25, 0.3) is 0 Å². The highest BCUT2D eigenvalue weighted by Crippen LogP contribution is 2.47. The predicted octanol–water partition coefficient (Wildman–Crippen LogP) is 4.87. The van der Waals surface area contributed by atoms with Gasteiger partial charge in [0.15, 0.2) is 6.23 Å². The second-order valence-electron chi connectivity index (χ2n) is 9.96. The molecule has 1 spiro atoms. The van der Waals surface area contributed by atoms with E-state index in [4.69, 9.17) is 13.9 Å². The fourth-order valence-corrected chi connectivity index (χ4v) is 5.00. The molecule has 4 rings (SSSR count). The third-order valence-electron chi connectivity index (χ3n) is 6.94. The van der Waals surface area contributed by atoms with E-state index < -0.39 is 23.8 Å². The average molecular weight is 509 g/mol. The summed E-state index contributed by atoms with van der Waals surface area (Å²) in [4.78, 5) is 28.1. The minimum Gasteiger partial charge on any atom is -0.493 e. The zero-order valence-electron chi connectivity index (χ0n) is 20.4. The summed E-state index contributed by atoms with van der Waals surface area (Å²) in [5, 5.41) is 0. The molecule has 1 aromatic carbocycles. The first-order chi connectivity index (χ1) is 17.1. The summed E-state index contributed by atoms with van der Waals surface area (Å²) >= 11 is 0. The van der Waals surface area contributed by atoms with Crippen LogP contribution in [0.1, 0.15) is 49.0 Å². The molecule has 0 N–H and O–H groups in total. The molecule has 36 heavy (non-hydrogen) atoms. The van der Waals surface area contributed by atoms with E-state index in [0.29, 0.717) is 62.7 Å². The number of carbonyl (C=O) groups excluding carboxylic acids is 2. The Kier molecular flexibility index (Phi) is 7.63. The Morgan fingerprint density at radius 2 is 1.81 bits per heavy atom. The molecule has 2 aromatic rings. The lowest BCUT2D eigenvalue weighted by atomic mass is 9.76. The fourth-order valence-electron chi connectivity index (χ4n) is 5.00. The lowest BCUT2D eigenvalue weighted by Crippen LogP contribution is -2.51. The van der Waals surface area contributed by atoms with Gasteiger partial charge in [-0.3, -0.25) is 9.69 Å². The molecule has 0 aliphatic carbocycles. The molecule has 1 atom stereocenters. The van der Waals surface area contributed by atoms with E-state index in [2.05, 4.69) is 0 Å². The molecule has 0 bridgehead atoms. The Morgan fingerprint density at radius 1 is 1.11 bits per heavy atom. The molecule has 1 amide bonds. The molecule has 0 saturated carbocycles. The lowest BCUT2D eigenvalue weighted by molar-refractivity contribution is -0.220. The van der Waals surface area contributed by atoms with Crippen molar-refractivity contribution >= 4 is 11.9 Å². The number of esters is 1. The number of hydrogen-bond acceptors (Lipinski definition) is 6. The number of nitrogens with zero attached hydrogens (tertiary/aromatic N) is 2. The smallest absolute Gasteiger partial charge is 0.490 e. The number of piperidine rings is 1. The molecule has 2 aliphatic rings. The summed E-state index contributed by atoms with van der Waals surface area (Å²) in [6, 6.07) is 8.98. The SMILES string of the molecule is CC(C)COc1ccccc1CN1CCC2(CCN(C(=O)c3ccoc3)CC2)C1OC(=O)C(F)(F)F. The second kappa shape index (κ2) is 10.5. The van der Waals surface area contributed by atoms with Crippen LogP contribution in [0.5, 0.6) is 5.75 Å². The number of carbonyl (C=O) groups is 2. The van der Waals surface area contributed by atoms with Gasteiger partial charge >= 0.3 is 12.1 Å². The van der Waals surface area contributed by atoms with E-state index in [0.717, 1.165) is 5.56 Å². The van der Waals surface area contributed by atoms with Crippen molar-refractivity contribution in [1.82, 2.24) is 9.80 Å². The van der Waals surface area contributed by atoms with Crippen molar-refractivity contribution in [2.75, 3.05) is 26.2 Å². The first-order valence-electron chi connectivity index (χ1n) is 12.1. The van der Waals surface area contributed by atoms with Gasteiger partial charge in [-0.25, -0.2) is 4.79 Å². The zero-order valence-corrected chi connectivity index (χ0v) is 20.4. The van der Waals surface area contributed by atoms with Crippen molar-refractivity contribution in [1.29, 1.82) is 0 Å². The van der Waals surface area contributed by atoms with E-state index in [1.165, 1.54) is 12.5 Å². The molecule has 7 nitrogen and oxygen atoms in total. The van der Waals surface area contributed by atoms with Gasteiger partial charge in [-0.05, 0) is 37.3 Å². The Hall–Kier alpha value is -3.01. The molecule has 2 aliphatic heterocycles. The summed E-state index contributed by atoms with van der Waals surface area (Å²) in [5.74, 6) is -1.41. The number of furan rings is 1. The van der Waals surface area contributed by atoms with Gasteiger partial charge in [0.05, 0.1) is 18.4 Å². The molecule has 10 heteroatoms. The summed E-state index contributed by atoms with van der Waals surface area (Å²) in [6.45, 7) is 6.02. The Balaban J connectivity index is 1.53. The minimum atomic E-state index is -5.09. The third-order valence-corrected chi connectivity index (χ3v) is 6.94. The van der Waals surface area contributed by atoms with Gasteiger partial charge in [0, 0.05) is 37.2 Å². The number of alkyl halides is 3. The van der Waals surface area contributed by atoms with Crippen LogP contribution in [0.2, 0.25) is 0 Å². The number of halogens is 3. The molecule has 1 aromatic heterocycles. The summed E-state index contributed by atoms with van der Waals surface area (Å²) < 4.78 is 55.7. The van der Waals surface area contributed by atoms with Crippen LogP contribution in [0.3, 0.4) is 0 Å². The summed E-state index contributed by atoms with van der Waals surface area (Å²) in [5.41, 5.74) is 0.565. The van der Waals surface area contributed by atoms with Gasteiger partial charge in [-0.1, -0.05) is 32.0 Å². The Labute approximate surface area is 208 Å². The lowest BCUT2D eigenvalue weighted by Gasteiger charge is -2.43. The molecule has 2 saturated heterocycles. The van der Waals surface area contributed by atoms with Crippen LogP contribution in [-0.4, -0.2) is 60.3 Å². The van der Waals surface area contributed by atoms with Crippen LogP contribution >= 0.6 is 0 Å². The van der Waals surface area contributed by atoms with Gasteiger partial charge in [-0.15, -0.1) is 0 Å². The summed E-state index contributed by atoms with van der Waals surface area (Å²) in [7, 11) is 0. The van der Waals surface area contributed by atoms with Crippen LogP contribution < -0.4 is 4.74 Å². The maximum atomic E-state index is 13.2. The normalized spacial score (nSPS) is 20.2. The van der Waals surface area contributed by atoms with Crippen molar-refractivity contribution in [2.24, 2.45) is 11.3 Å². The predicted molar refractivity (Wildman–Crippen MR) is 124 cm³/mol. The number of para-hydroxylation sites is 1. The van der Waals surface area contributed by atoms with Crippen molar-refractivity contribution in [3.63, 3.8) is 0 Å². The maximum absolute atomic E-state index is 13.2. The fraction of sp³-hybridized carbons (Fsp3) is 0.538. The maximum Gasteiger partial charge on any atom is 0.490 e. The number of benzene rings is 1.